The molecule has 0 aliphatic carbocycles. The highest BCUT2D eigenvalue weighted by molar-refractivity contribution is 8.00. The van der Waals surface area contributed by atoms with Crippen LogP contribution in [0.25, 0.3) is 11.3 Å². The second kappa shape index (κ2) is 10.6. The van der Waals surface area contributed by atoms with Crippen LogP contribution in [0.4, 0.5) is 11.6 Å². The van der Waals surface area contributed by atoms with Gasteiger partial charge in [0.1, 0.15) is 0 Å². The van der Waals surface area contributed by atoms with E-state index < -0.39 is 0 Å². The van der Waals surface area contributed by atoms with Crippen molar-refractivity contribution in [3.05, 3.63) is 106 Å². The van der Waals surface area contributed by atoms with E-state index in [1.54, 1.807) is 6.07 Å². The molecule has 2 heterocycles. The summed E-state index contributed by atoms with van der Waals surface area (Å²) in [5.41, 5.74) is 6.62. The van der Waals surface area contributed by atoms with Crippen LogP contribution >= 0.6 is 11.9 Å². The van der Waals surface area contributed by atoms with Gasteiger partial charge in [0.05, 0.1) is 5.69 Å². The van der Waals surface area contributed by atoms with Crippen LogP contribution in [0, 0.1) is 12.8 Å². The van der Waals surface area contributed by atoms with Crippen LogP contribution in [0.3, 0.4) is 0 Å². The molecular weight excluding hydrogens is 464 g/mol. The van der Waals surface area contributed by atoms with Crippen LogP contribution in [0.15, 0.2) is 88.6 Å². The Hall–Kier alpha value is -3.51. The molecule has 1 aromatic heterocycles. The zero-order valence-corrected chi connectivity index (χ0v) is 21.8. The largest absolute Gasteiger partial charge is 0.364 e. The molecule has 0 fully saturated rings. The third-order valence-electron chi connectivity index (χ3n) is 6.68. The number of rotatable bonds is 7. The lowest BCUT2D eigenvalue weighted by Gasteiger charge is -2.39. The minimum atomic E-state index is -0.177. The van der Waals surface area contributed by atoms with Gasteiger partial charge in [0.15, 0.2) is 0 Å². The minimum Gasteiger partial charge on any atom is -0.364 e. The minimum absolute atomic E-state index is 0.177. The predicted molar refractivity (Wildman–Crippen MR) is 151 cm³/mol. The smallest absolute Gasteiger partial charge is 0.252 e. The number of aromatic nitrogens is 2. The van der Waals surface area contributed by atoms with Gasteiger partial charge in [-0.25, -0.2) is 4.98 Å². The number of hydrogen-bond acceptors (Lipinski definition) is 5. The Kier molecular flexibility index (Phi) is 7.14. The lowest BCUT2D eigenvalue weighted by Crippen LogP contribution is -2.41. The highest BCUT2D eigenvalue weighted by atomic mass is 32.2. The van der Waals surface area contributed by atoms with Gasteiger partial charge in [-0.15, -0.1) is 0 Å². The van der Waals surface area contributed by atoms with Crippen LogP contribution in [0.5, 0.6) is 0 Å². The maximum absolute atomic E-state index is 12.3. The maximum Gasteiger partial charge on any atom is 0.252 e. The lowest BCUT2D eigenvalue weighted by atomic mass is 9.89. The number of fused-ring (bicyclic) bond motifs is 1. The van der Waals surface area contributed by atoms with Gasteiger partial charge in [0, 0.05) is 34.8 Å². The van der Waals surface area contributed by atoms with Crippen LogP contribution < -0.4 is 15.2 Å². The summed E-state index contributed by atoms with van der Waals surface area (Å²) in [4.78, 5) is 23.4. The van der Waals surface area contributed by atoms with Gasteiger partial charge in [-0.05, 0) is 72.5 Å². The highest BCUT2D eigenvalue weighted by Crippen LogP contribution is 2.33. The first-order valence-corrected chi connectivity index (χ1v) is 13.3. The van der Waals surface area contributed by atoms with Crippen LogP contribution in [0.2, 0.25) is 0 Å². The van der Waals surface area contributed by atoms with E-state index in [1.165, 1.54) is 28.8 Å². The van der Waals surface area contributed by atoms with Gasteiger partial charge in [-0.2, -0.15) is 0 Å². The Bertz CT molecular complexity index is 1410. The summed E-state index contributed by atoms with van der Waals surface area (Å²) in [6.45, 7) is 7.54. The Balaban J connectivity index is 1.36. The number of hydrogen-bond donors (Lipinski definition) is 2. The van der Waals surface area contributed by atoms with E-state index in [2.05, 4.69) is 82.0 Å². The van der Waals surface area contributed by atoms with E-state index in [9.17, 15) is 4.79 Å². The standard InChI is InChI=1S/C30H32N4OS/c1-20(2)15-25-16-22-10-5-6-11-23(22)19-34(25)24-12-8-13-26(17-24)36-33-30-31-28(18-29(35)32-30)27-14-7-4-9-21(27)3/h4-14,17-18,20,25H,15-16,19H2,1-3H3,(H2,31,32,33,35)/t25-/m1/s1. The van der Waals surface area contributed by atoms with Crippen molar-refractivity contribution in [1.82, 2.24) is 9.97 Å². The number of H-pyrrole nitrogens is 1. The van der Waals surface area contributed by atoms with E-state index in [0.29, 0.717) is 23.6 Å². The Morgan fingerprint density at radius 3 is 2.61 bits per heavy atom. The van der Waals surface area contributed by atoms with Crippen LogP contribution in [0.1, 0.15) is 37.0 Å². The van der Waals surface area contributed by atoms with Crippen molar-refractivity contribution in [3.8, 4) is 11.3 Å². The van der Waals surface area contributed by atoms with Crippen LogP contribution in [-0.4, -0.2) is 16.0 Å². The van der Waals surface area contributed by atoms with Crippen molar-refractivity contribution in [3.63, 3.8) is 0 Å². The molecule has 1 atom stereocenters. The topological polar surface area (TPSA) is 61.0 Å². The van der Waals surface area contributed by atoms with Gasteiger partial charge in [0.2, 0.25) is 5.95 Å². The summed E-state index contributed by atoms with van der Waals surface area (Å²) in [5, 5.41) is 0. The molecule has 184 valence electrons. The first kappa shape index (κ1) is 24.2. The predicted octanol–water partition coefficient (Wildman–Crippen LogP) is 6.84. The second-order valence-corrected chi connectivity index (χ2v) is 10.8. The molecule has 1 aliphatic heterocycles. The van der Waals surface area contributed by atoms with E-state index in [1.807, 2.05) is 31.2 Å². The fourth-order valence-corrected chi connectivity index (χ4v) is 5.62. The molecule has 6 heteroatoms. The summed E-state index contributed by atoms with van der Waals surface area (Å²) in [7, 11) is 0. The monoisotopic (exact) mass is 496 g/mol. The zero-order chi connectivity index (χ0) is 25.1. The molecule has 0 unspecified atom stereocenters. The Morgan fingerprint density at radius 1 is 1.03 bits per heavy atom. The van der Waals surface area contributed by atoms with Crippen molar-refractivity contribution >= 4 is 23.6 Å². The molecule has 2 N–H and O–H groups in total. The molecular formula is C30H32N4OS. The average Bonchev–Trinajstić information content (AvgIpc) is 2.87. The van der Waals surface area contributed by atoms with E-state index >= 15 is 0 Å². The summed E-state index contributed by atoms with van der Waals surface area (Å²) in [6, 6.07) is 27.4. The quantitative estimate of drug-likeness (QED) is 0.274. The molecule has 36 heavy (non-hydrogen) atoms. The van der Waals surface area contributed by atoms with Gasteiger partial charge >= 0.3 is 0 Å². The summed E-state index contributed by atoms with van der Waals surface area (Å²) < 4.78 is 3.25. The van der Waals surface area contributed by atoms with Crippen molar-refractivity contribution in [2.75, 3.05) is 9.62 Å². The molecule has 1 aliphatic rings. The number of anilines is 2. The van der Waals surface area contributed by atoms with Crippen LogP contribution in [-0.2, 0) is 13.0 Å². The third-order valence-corrected chi connectivity index (χ3v) is 7.46. The van der Waals surface area contributed by atoms with Gasteiger partial charge in [-0.3, -0.25) is 14.5 Å². The Morgan fingerprint density at radius 2 is 1.81 bits per heavy atom. The molecule has 5 rings (SSSR count). The molecule has 0 radical (unpaired) electrons. The fraction of sp³-hybridized carbons (Fsp3) is 0.267. The first-order valence-electron chi connectivity index (χ1n) is 12.5. The molecule has 5 nitrogen and oxygen atoms in total. The highest BCUT2D eigenvalue weighted by Gasteiger charge is 2.27. The Labute approximate surface area is 217 Å². The summed E-state index contributed by atoms with van der Waals surface area (Å²) in [5.74, 6) is 1.08. The molecule has 0 saturated carbocycles. The van der Waals surface area contributed by atoms with Crippen molar-refractivity contribution in [1.29, 1.82) is 0 Å². The summed E-state index contributed by atoms with van der Waals surface area (Å²) >= 11 is 1.46. The first-order chi connectivity index (χ1) is 17.5. The molecule has 3 aromatic carbocycles. The van der Waals surface area contributed by atoms with E-state index in [0.717, 1.165) is 35.4 Å². The number of benzene rings is 3. The average molecular weight is 497 g/mol. The van der Waals surface area contributed by atoms with Crippen molar-refractivity contribution in [2.45, 2.75) is 51.1 Å². The van der Waals surface area contributed by atoms with Gasteiger partial charge in [-0.1, -0.05) is 68.4 Å². The molecule has 0 bridgehead atoms. The van der Waals surface area contributed by atoms with Gasteiger partial charge in [0.25, 0.3) is 5.56 Å². The van der Waals surface area contributed by atoms with Gasteiger partial charge < -0.3 is 4.90 Å². The van der Waals surface area contributed by atoms with Crippen molar-refractivity contribution in [2.24, 2.45) is 5.92 Å². The normalized spacial score (nSPS) is 15.1. The molecule has 0 spiro atoms. The number of aromatic amines is 1. The SMILES string of the molecule is Cc1ccccc1-c1cc(=O)[nH]c(NSc2cccc(N3Cc4ccccc4C[C@H]3CC(C)C)c2)n1. The molecule has 0 amide bonds. The molecule has 4 aromatic rings. The number of nitrogens with zero attached hydrogens (tertiary/aromatic N) is 2. The van der Waals surface area contributed by atoms with E-state index in [4.69, 9.17) is 0 Å². The third kappa shape index (κ3) is 5.49. The fourth-order valence-electron chi connectivity index (χ4n) is 4.98. The molecule has 0 saturated heterocycles. The number of nitrogens with one attached hydrogen (secondary N) is 2. The van der Waals surface area contributed by atoms with Crippen molar-refractivity contribution < 1.29 is 0 Å². The number of aryl methyl sites for hydroxylation is 1. The zero-order valence-electron chi connectivity index (χ0n) is 21.0. The second-order valence-electron chi connectivity index (χ2n) is 9.88. The maximum atomic E-state index is 12.3. The summed E-state index contributed by atoms with van der Waals surface area (Å²) in [6.07, 6.45) is 2.22. The van der Waals surface area contributed by atoms with E-state index in [-0.39, 0.29) is 5.56 Å². The lowest BCUT2D eigenvalue weighted by molar-refractivity contribution is 0.445.